The molecular weight excluding hydrogens is 332 g/mol. The SMILES string of the molecule is Cc1c(CC(=O)O)c2c(Cl)c(O)ccc2n1C(=O)c1ccccn1. The van der Waals surface area contributed by atoms with Gasteiger partial charge in [-0.05, 0) is 36.8 Å². The van der Waals surface area contributed by atoms with E-state index in [0.29, 0.717) is 22.2 Å². The fourth-order valence-electron chi connectivity index (χ4n) is 2.76. The highest BCUT2D eigenvalue weighted by Gasteiger charge is 2.24. The summed E-state index contributed by atoms with van der Waals surface area (Å²) >= 11 is 6.17. The molecule has 0 atom stereocenters. The van der Waals surface area contributed by atoms with Crippen molar-refractivity contribution < 1.29 is 19.8 Å². The largest absolute Gasteiger partial charge is 0.506 e. The van der Waals surface area contributed by atoms with Gasteiger partial charge in [-0.25, -0.2) is 0 Å². The summed E-state index contributed by atoms with van der Waals surface area (Å²) in [5, 5.41) is 19.4. The summed E-state index contributed by atoms with van der Waals surface area (Å²) < 4.78 is 1.38. The third kappa shape index (κ3) is 2.51. The Morgan fingerprint density at radius 2 is 2.00 bits per heavy atom. The fourth-order valence-corrected chi connectivity index (χ4v) is 3.03. The van der Waals surface area contributed by atoms with Gasteiger partial charge in [0.2, 0.25) is 0 Å². The summed E-state index contributed by atoms with van der Waals surface area (Å²) in [6.45, 7) is 1.65. The van der Waals surface area contributed by atoms with Crippen molar-refractivity contribution in [1.82, 2.24) is 9.55 Å². The molecule has 0 unspecified atom stereocenters. The van der Waals surface area contributed by atoms with Crippen LogP contribution in [0.4, 0.5) is 0 Å². The Labute approximate surface area is 141 Å². The molecule has 0 aliphatic rings. The van der Waals surface area contributed by atoms with Crippen molar-refractivity contribution >= 4 is 34.4 Å². The number of halogens is 1. The number of nitrogens with zero attached hydrogens (tertiary/aromatic N) is 2. The molecule has 6 nitrogen and oxygen atoms in total. The summed E-state index contributed by atoms with van der Waals surface area (Å²) in [5.74, 6) is -1.61. The molecule has 2 aromatic heterocycles. The quantitative estimate of drug-likeness (QED) is 0.762. The minimum atomic E-state index is -1.05. The maximum absolute atomic E-state index is 12.8. The molecule has 0 aliphatic heterocycles. The summed E-state index contributed by atoms with van der Waals surface area (Å²) in [6, 6.07) is 7.87. The normalized spacial score (nSPS) is 10.9. The van der Waals surface area contributed by atoms with Crippen LogP contribution in [0.25, 0.3) is 10.9 Å². The smallest absolute Gasteiger partial charge is 0.307 e. The van der Waals surface area contributed by atoms with Gasteiger partial charge in [-0.2, -0.15) is 0 Å². The van der Waals surface area contributed by atoms with Gasteiger partial charge in [0.25, 0.3) is 5.91 Å². The summed E-state index contributed by atoms with van der Waals surface area (Å²) in [6.07, 6.45) is 1.19. The molecule has 0 saturated heterocycles. The summed E-state index contributed by atoms with van der Waals surface area (Å²) in [5.41, 5.74) is 1.50. The number of carbonyl (C=O) groups excluding carboxylic acids is 1. The van der Waals surface area contributed by atoms with Crippen molar-refractivity contribution in [2.24, 2.45) is 0 Å². The van der Waals surface area contributed by atoms with Crippen LogP contribution in [0.15, 0.2) is 36.5 Å². The van der Waals surface area contributed by atoms with Crippen LogP contribution >= 0.6 is 11.6 Å². The van der Waals surface area contributed by atoms with E-state index in [4.69, 9.17) is 16.7 Å². The highest BCUT2D eigenvalue weighted by atomic mass is 35.5. The van der Waals surface area contributed by atoms with Gasteiger partial charge in [-0.15, -0.1) is 0 Å². The number of carbonyl (C=O) groups is 2. The Morgan fingerprint density at radius 1 is 1.25 bits per heavy atom. The topological polar surface area (TPSA) is 92.4 Å². The lowest BCUT2D eigenvalue weighted by Gasteiger charge is -2.06. The molecule has 0 saturated carbocycles. The van der Waals surface area contributed by atoms with Gasteiger partial charge >= 0.3 is 5.97 Å². The molecule has 3 aromatic rings. The Balaban J connectivity index is 2.33. The third-order valence-corrected chi connectivity index (χ3v) is 4.21. The second-order valence-corrected chi connectivity index (χ2v) is 5.66. The highest BCUT2D eigenvalue weighted by Crippen LogP contribution is 2.37. The van der Waals surface area contributed by atoms with E-state index in [1.54, 1.807) is 25.1 Å². The van der Waals surface area contributed by atoms with Crippen LogP contribution in [0.5, 0.6) is 5.75 Å². The zero-order chi connectivity index (χ0) is 17.4. The van der Waals surface area contributed by atoms with Crippen LogP contribution in [0, 0.1) is 6.92 Å². The predicted molar refractivity (Wildman–Crippen MR) is 88.7 cm³/mol. The van der Waals surface area contributed by atoms with Gasteiger partial charge in [0.1, 0.15) is 11.4 Å². The van der Waals surface area contributed by atoms with E-state index >= 15 is 0 Å². The van der Waals surface area contributed by atoms with Crippen molar-refractivity contribution in [3.8, 4) is 5.75 Å². The number of aliphatic carboxylic acids is 1. The molecule has 2 N–H and O–H groups in total. The Bertz CT molecular complexity index is 964. The number of phenols is 1. The zero-order valence-corrected chi connectivity index (χ0v) is 13.4. The van der Waals surface area contributed by atoms with E-state index in [9.17, 15) is 14.7 Å². The first kappa shape index (κ1) is 16.0. The van der Waals surface area contributed by atoms with Crippen LogP contribution in [0.2, 0.25) is 5.02 Å². The molecule has 1 aromatic carbocycles. The van der Waals surface area contributed by atoms with Crippen molar-refractivity contribution in [2.45, 2.75) is 13.3 Å². The first-order valence-corrected chi connectivity index (χ1v) is 7.48. The monoisotopic (exact) mass is 344 g/mol. The zero-order valence-electron chi connectivity index (χ0n) is 12.7. The molecule has 0 radical (unpaired) electrons. The lowest BCUT2D eigenvalue weighted by Crippen LogP contribution is -2.15. The molecule has 24 heavy (non-hydrogen) atoms. The maximum atomic E-state index is 12.8. The summed E-state index contributed by atoms with van der Waals surface area (Å²) in [4.78, 5) is 28.1. The van der Waals surface area contributed by atoms with E-state index in [0.717, 1.165) is 0 Å². The predicted octanol–water partition coefficient (Wildman–Crippen LogP) is 3.02. The van der Waals surface area contributed by atoms with Crippen LogP contribution < -0.4 is 0 Å². The van der Waals surface area contributed by atoms with Crippen molar-refractivity contribution in [2.75, 3.05) is 0 Å². The lowest BCUT2D eigenvalue weighted by molar-refractivity contribution is -0.136. The molecule has 0 amide bonds. The number of fused-ring (bicyclic) bond motifs is 1. The van der Waals surface area contributed by atoms with E-state index in [1.807, 2.05) is 0 Å². The number of benzene rings is 1. The fraction of sp³-hybridized carbons (Fsp3) is 0.118. The minimum Gasteiger partial charge on any atom is -0.506 e. The minimum absolute atomic E-state index is 0.0272. The van der Waals surface area contributed by atoms with Crippen molar-refractivity contribution in [3.63, 3.8) is 0 Å². The van der Waals surface area contributed by atoms with Crippen LogP contribution in [-0.4, -0.2) is 31.6 Å². The van der Waals surface area contributed by atoms with Gasteiger partial charge in [0.15, 0.2) is 0 Å². The first-order valence-electron chi connectivity index (χ1n) is 7.10. The molecule has 122 valence electrons. The number of pyridine rings is 1. The van der Waals surface area contributed by atoms with Crippen LogP contribution in [0.3, 0.4) is 0 Å². The second-order valence-electron chi connectivity index (χ2n) is 5.28. The Kier molecular flexibility index (Phi) is 3.99. The number of carboxylic acids is 1. The number of phenolic OH excluding ortho intramolecular Hbond substituents is 1. The van der Waals surface area contributed by atoms with Gasteiger partial charge in [-0.3, -0.25) is 19.1 Å². The van der Waals surface area contributed by atoms with Gasteiger partial charge in [0.05, 0.1) is 17.0 Å². The van der Waals surface area contributed by atoms with E-state index in [1.165, 1.54) is 22.9 Å². The molecule has 7 heteroatoms. The Morgan fingerprint density at radius 3 is 2.62 bits per heavy atom. The molecule has 0 bridgehead atoms. The molecular formula is C17H13ClN2O4. The molecule has 0 aliphatic carbocycles. The van der Waals surface area contributed by atoms with Crippen LogP contribution in [0.1, 0.15) is 21.7 Å². The second kappa shape index (κ2) is 5.98. The number of hydrogen-bond acceptors (Lipinski definition) is 4. The third-order valence-electron chi connectivity index (χ3n) is 3.83. The van der Waals surface area contributed by atoms with E-state index in [2.05, 4.69) is 4.98 Å². The average molecular weight is 345 g/mol. The van der Waals surface area contributed by atoms with E-state index < -0.39 is 11.9 Å². The highest BCUT2D eigenvalue weighted by molar-refractivity contribution is 6.37. The van der Waals surface area contributed by atoms with Gasteiger partial charge in [0, 0.05) is 17.3 Å². The average Bonchev–Trinajstić information content (AvgIpc) is 2.83. The van der Waals surface area contributed by atoms with Gasteiger partial charge < -0.3 is 10.2 Å². The number of aromatic hydroxyl groups is 1. The number of rotatable bonds is 3. The Hall–Kier alpha value is -2.86. The van der Waals surface area contributed by atoms with Crippen LogP contribution in [-0.2, 0) is 11.2 Å². The molecule has 2 heterocycles. The molecule has 0 spiro atoms. The maximum Gasteiger partial charge on any atom is 0.307 e. The standard InChI is InChI=1S/C17H13ClN2O4/c1-9-10(8-14(22)23)15-12(5-6-13(21)16(15)18)20(9)17(24)11-4-2-3-7-19-11/h2-7,21H,8H2,1H3,(H,22,23). The van der Waals surface area contributed by atoms with Gasteiger partial charge in [-0.1, -0.05) is 17.7 Å². The lowest BCUT2D eigenvalue weighted by atomic mass is 10.1. The number of hydrogen-bond donors (Lipinski definition) is 2. The molecule has 0 fully saturated rings. The van der Waals surface area contributed by atoms with Crippen molar-refractivity contribution in [3.05, 3.63) is 58.5 Å². The molecule has 3 rings (SSSR count). The first-order chi connectivity index (χ1) is 11.4. The number of aromatic nitrogens is 2. The summed E-state index contributed by atoms with van der Waals surface area (Å²) in [7, 11) is 0. The van der Waals surface area contributed by atoms with E-state index in [-0.39, 0.29) is 22.9 Å². The number of carboxylic acid groups (broad SMARTS) is 1. The van der Waals surface area contributed by atoms with Crippen molar-refractivity contribution in [1.29, 1.82) is 0 Å².